The van der Waals surface area contributed by atoms with Gasteiger partial charge >= 0.3 is 20.8 Å². The van der Waals surface area contributed by atoms with Gasteiger partial charge in [-0.1, -0.05) is 80.1 Å². The van der Waals surface area contributed by atoms with Crippen molar-refractivity contribution in [2.45, 2.75) is 80.1 Å². The van der Waals surface area contributed by atoms with Gasteiger partial charge in [-0.2, -0.15) is 16.8 Å². The minimum atomic E-state index is -4.67. The van der Waals surface area contributed by atoms with Gasteiger partial charge in [-0.25, -0.2) is 0 Å². The molecule has 0 radical (unpaired) electrons. The molecule has 0 heterocycles. The molecule has 22 heavy (non-hydrogen) atoms. The average molecular weight is 371 g/mol. The van der Waals surface area contributed by atoms with Crippen LogP contribution in [0.1, 0.15) is 80.1 Å². The molecule has 0 saturated carbocycles. The van der Waals surface area contributed by atoms with E-state index in [1.807, 2.05) is 0 Å². The fourth-order valence-electron chi connectivity index (χ4n) is 0. The Morgan fingerprint density at radius 2 is 0.500 bits per heavy atom. The van der Waals surface area contributed by atoms with Crippen LogP contribution in [0.5, 0.6) is 0 Å². The first kappa shape index (κ1) is 33.4. The summed E-state index contributed by atoms with van der Waals surface area (Å²) >= 11 is 0. The van der Waals surface area contributed by atoms with Crippen molar-refractivity contribution in [3.05, 3.63) is 0 Å². The molecule has 10 heteroatoms. The number of unbranched alkanes of at least 4 members (excludes halogenated alkanes) is 3. The standard InChI is InChI=1S/3C4H10.2H2O4S/c3*1-3-4-2;2*1-5(2,3)4/h3*3-4H2,1-2H3;2*(H2,1,2,3,4). The largest absolute Gasteiger partial charge is 0.394 e. The van der Waals surface area contributed by atoms with Crippen molar-refractivity contribution in [3.8, 4) is 0 Å². The van der Waals surface area contributed by atoms with Crippen LogP contribution in [0.4, 0.5) is 0 Å². The highest BCUT2D eigenvalue weighted by molar-refractivity contribution is 7.80. The zero-order chi connectivity index (χ0) is 19.2. The third kappa shape index (κ3) is 923. The topological polar surface area (TPSA) is 149 Å². The lowest BCUT2D eigenvalue weighted by atomic mass is 10.4. The molecule has 0 spiro atoms. The van der Waals surface area contributed by atoms with Gasteiger partial charge < -0.3 is 0 Å². The molecule has 8 nitrogen and oxygen atoms in total. The maximum Gasteiger partial charge on any atom is 0.394 e. The zero-order valence-electron chi connectivity index (χ0n) is 14.5. The highest BCUT2D eigenvalue weighted by Gasteiger charge is 1.85. The molecule has 4 N–H and O–H groups in total. The molecular weight excluding hydrogens is 336 g/mol. The second kappa shape index (κ2) is 25.7. The third-order valence-electron chi connectivity index (χ3n) is 1.50. The van der Waals surface area contributed by atoms with Gasteiger partial charge in [0, 0.05) is 0 Å². The highest BCUT2D eigenvalue weighted by Crippen LogP contribution is 1.77. The van der Waals surface area contributed by atoms with Gasteiger partial charge in [0.1, 0.15) is 0 Å². The van der Waals surface area contributed by atoms with Gasteiger partial charge in [-0.3, -0.25) is 18.2 Å². The van der Waals surface area contributed by atoms with E-state index in [-0.39, 0.29) is 0 Å². The summed E-state index contributed by atoms with van der Waals surface area (Å²) in [7, 11) is -9.33. The third-order valence-corrected chi connectivity index (χ3v) is 1.50. The van der Waals surface area contributed by atoms with Crippen molar-refractivity contribution < 1.29 is 35.0 Å². The Balaban J connectivity index is -0.0000000550. The molecule has 0 aliphatic rings. The normalized spacial score (nSPS) is 9.36. The van der Waals surface area contributed by atoms with Crippen molar-refractivity contribution in [2.75, 3.05) is 0 Å². The van der Waals surface area contributed by atoms with Crippen LogP contribution in [0.2, 0.25) is 0 Å². The van der Waals surface area contributed by atoms with Crippen LogP contribution in [0.15, 0.2) is 0 Å². The van der Waals surface area contributed by atoms with Crippen LogP contribution in [-0.2, 0) is 20.8 Å². The first-order valence-electron chi connectivity index (χ1n) is 7.14. The second-order valence-electron chi connectivity index (χ2n) is 3.90. The summed E-state index contributed by atoms with van der Waals surface area (Å²) in [6, 6.07) is 0. The Morgan fingerprint density at radius 3 is 0.500 bits per heavy atom. The van der Waals surface area contributed by atoms with E-state index in [9.17, 15) is 0 Å². The van der Waals surface area contributed by atoms with Crippen molar-refractivity contribution in [1.82, 2.24) is 0 Å². The van der Waals surface area contributed by atoms with Crippen LogP contribution in [0.25, 0.3) is 0 Å². The minimum absolute atomic E-state index is 1.32. The lowest BCUT2D eigenvalue weighted by molar-refractivity contribution is 0.378. The molecule has 0 aromatic carbocycles. The van der Waals surface area contributed by atoms with Crippen molar-refractivity contribution in [1.29, 1.82) is 0 Å². The molecule has 0 aromatic rings. The number of hydrogen-bond acceptors (Lipinski definition) is 4. The van der Waals surface area contributed by atoms with Gasteiger partial charge in [-0.15, -0.1) is 0 Å². The predicted octanol–water partition coefficient (Wildman–Crippen LogP) is 4.11. The zero-order valence-corrected chi connectivity index (χ0v) is 16.1. The Labute approximate surface area is 136 Å². The first-order chi connectivity index (χ1) is 9.74. The molecule has 142 valence electrons. The van der Waals surface area contributed by atoms with Crippen LogP contribution in [0, 0.1) is 0 Å². The predicted molar refractivity (Wildman–Crippen MR) is 90.1 cm³/mol. The Kier molecular flexibility index (Phi) is 39.0. The van der Waals surface area contributed by atoms with Gasteiger partial charge in [0.2, 0.25) is 0 Å². The summed E-state index contributed by atoms with van der Waals surface area (Å²) in [6.45, 7) is 13.1. The lowest BCUT2D eigenvalue weighted by Crippen LogP contribution is -1.89. The van der Waals surface area contributed by atoms with Crippen molar-refractivity contribution >= 4 is 20.8 Å². The van der Waals surface area contributed by atoms with Crippen LogP contribution < -0.4 is 0 Å². The molecule has 0 bridgehead atoms. The maximum absolute atomic E-state index is 8.74. The summed E-state index contributed by atoms with van der Waals surface area (Å²) in [5.41, 5.74) is 0. The summed E-state index contributed by atoms with van der Waals surface area (Å²) < 4.78 is 63.2. The smallest absolute Gasteiger partial charge is 0.264 e. The van der Waals surface area contributed by atoms with Gasteiger partial charge in [0.25, 0.3) is 0 Å². The number of hydrogen-bond donors (Lipinski definition) is 4. The average Bonchev–Trinajstić information content (AvgIpc) is 2.35. The van der Waals surface area contributed by atoms with E-state index in [0.29, 0.717) is 0 Å². The Bertz CT molecular complexity index is 288. The van der Waals surface area contributed by atoms with Gasteiger partial charge in [0.05, 0.1) is 0 Å². The highest BCUT2D eigenvalue weighted by atomic mass is 32.3. The fraction of sp³-hybridized carbons (Fsp3) is 1.00. The van der Waals surface area contributed by atoms with E-state index in [0.717, 1.165) is 0 Å². The molecule has 0 atom stereocenters. The fourth-order valence-corrected chi connectivity index (χ4v) is 0. The summed E-state index contributed by atoms with van der Waals surface area (Å²) in [5.74, 6) is 0. The summed E-state index contributed by atoms with van der Waals surface area (Å²) in [4.78, 5) is 0. The molecular formula is C12H34O8S2. The van der Waals surface area contributed by atoms with Crippen LogP contribution in [0.3, 0.4) is 0 Å². The van der Waals surface area contributed by atoms with E-state index in [2.05, 4.69) is 41.5 Å². The molecule has 0 aliphatic heterocycles. The maximum atomic E-state index is 8.74. The lowest BCUT2D eigenvalue weighted by Gasteiger charge is -1.68. The Morgan fingerprint density at radius 1 is 0.455 bits per heavy atom. The van der Waals surface area contributed by atoms with Crippen LogP contribution >= 0.6 is 0 Å². The van der Waals surface area contributed by atoms with Crippen molar-refractivity contribution in [2.24, 2.45) is 0 Å². The van der Waals surface area contributed by atoms with E-state index in [4.69, 9.17) is 35.0 Å². The Hall–Kier alpha value is -0.260. The summed E-state index contributed by atoms with van der Waals surface area (Å²) in [6.07, 6.45) is 7.92. The molecule has 0 rings (SSSR count). The van der Waals surface area contributed by atoms with E-state index in [1.54, 1.807) is 0 Å². The molecule has 0 unspecified atom stereocenters. The molecule has 0 fully saturated rings. The minimum Gasteiger partial charge on any atom is -0.264 e. The molecule has 0 amide bonds. The number of rotatable bonds is 3. The monoisotopic (exact) mass is 370 g/mol. The van der Waals surface area contributed by atoms with Gasteiger partial charge in [0.15, 0.2) is 0 Å². The van der Waals surface area contributed by atoms with E-state index >= 15 is 0 Å². The summed E-state index contributed by atoms with van der Waals surface area (Å²) in [5, 5.41) is 0. The van der Waals surface area contributed by atoms with Crippen LogP contribution in [-0.4, -0.2) is 35.0 Å². The molecule has 0 aromatic heterocycles. The van der Waals surface area contributed by atoms with E-state index < -0.39 is 20.8 Å². The second-order valence-corrected chi connectivity index (χ2v) is 5.69. The van der Waals surface area contributed by atoms with Gasteiger partial charge in [-0.05, 0) is 0 Å². The molecule has 0 aliphatic carbocycles. The first-order valence-corrected chi connectivity index (χ1v) is 9.93. The SMILES string of the molecule is CCCC.CCCC.CCCC.O=S(=O)(O)O.O=S(=O)(O)O. The van der Waals surface area contributed by atoms with E-state index in [1.165, 1.54) is 38.5 Å². The molecule has 0 saturated heterocycles. The van der Waals surface area contributed by atoms with Crippen molar-refractivity contribution in [3.63, 3.8) is 0 Å². The quantitative estimate of drug-likeness (QED) is 0.542.